The summed E-state index contributed by atoms with van der Waals surface area (Å²) in [5, 5.41) is 2.63. The first kappa shape index (κ1) is 15.8. The maximum atomic E-state index is 11.2. The lowest BCUT2D eigenvalue weighted by molar-refractivity contribution is -0.145. The second kappa shape index (κ2) is 8.79. The van der Waals surface area contributed by atoms with Crippen molar-refractivity contribution in [2.24, 2.45) is 0 Å². The van der Waals surface area contributed by atoms with Gasteiger partial charge in [0.2, 0.25) is 0 Å². The van der Waals surface area contributed by atoms with Crippen LogP contribution in [0.5, 0.6) is 11.5 Å². The second-order valence-corrected chi connectivity index (χ2v) is 3.81. The van der Waals surface area contributed by atoms with Crippen molar-refractivity contribution in [3.63, 3.8) is 0 Å². The van der Waals surface area contributed by atoms with Gasteiger partial charge < -0.3 is 19.5 Å². The van der Waals surface area contributed by atoms with Crippen LogP contribution in [-0.2, 0) is 14.3 Å². The zero-order valence-corrected chi connectivity index (χ0v) is 11.7. The molecule has 20 heavy (non-hydrogen) atoms. The van der Waals surface area contributed by atoms with E-state index in [1.54, 1.807) is 31.2 Å². The van der Waals surface area contributed by atoms with Gasteiger partial charge in [0.1, 0.15) is 11.5 Å². The normalized spacial score (nSPS) is 9.70. The van der Waals surface area contributed by atoms with Crippen molar-refractivity contribution >= 4 is 11.9 Å². The number of hydrogen-bond donors (Lipinski definition) is 1. The van der Waals surface area contributed by atoms with Crippen LogP contribution >= 0.6 is 0 Å². The largest absolute Gasteiger partial charge is 0.484 e. The van der Waals surface area contributed by atoms with Crippen LogP contribution in [0.3, 0.4) is 0 Å². The molecule has 1 aromatic rings. The fraction of sp³-hybridized carbons (Fsp3) is 0.429. The first-order valence-electron chi connectivity index (χ1n) is 6.43. The van der Waals surface area contributed by atoms with Crippen LogP contribution < -0.4 is 14.8 Å². The average molecular weight is 281 g/mol. The Bertz CT molecular complexity index is 389. The molecule has 0 aromatic heterocycles. The summed E-state index contributed by atoms with van der Waals surface area (Å²) in [4.78, 5) is 22.3. The van der Waals surface area contributed by atoms with Gasteiger partial charge in [-0.05, 0) is 38.1 Å². The van der Waals surface area contributed by atoms with Gasteiger partial charge in [-0.3, -0.25) is 4.79 Å². The van der Waals surface area contributed by atoms with Crippen LogP contribution in [0.2, 0.25) is 0 Å². The molecule has 0 aliphatic heterocycles. The number of rotatable bonds is 8. The molecule has 0 saturated heterocycles. The molecule has 0 aliphatic carbocycles. The van der Waals surface area contributed by atoms with E-state index in [1.165, 1.54) is 0 Å². The topological polar surface area (TPSA) is 73.9 Å². The minimum atomic E-state index is -0.413. The molecular weight excluding hydrogens is 262 g/mol. The summed E-state index contributed by atoms with van der Waals surface area (Å²) in [5.74, 6) is 0.502. The minimum Gasteiger partial charge on any atom is -0.484 e. The Hall–Kier alpha value is -2.24. The molecule has 110 valence electrons. The summed E-state index contributed by atoms with van der Waals surface area (Å²) in [6, 6.07) is 6.65. The molecule has 1 N–H and O–H groups in total. The van der Waals surface area contributed by atoms with E-state index in [9.17, 15) is 9.59 Å². The smallest absolute Gasteiger partial charge is 0.344 e. The highest BCUT2D eigenvalue weighted by Crippen LogP contribution is 2.17. The van der Waals surface area contributed by atoms with E-state index in [2.05, 4.69) is 5.32 Å². The number of hydrogen-bond acceptors (Lipinski definition) is 5. The molecule has 0 atom stereocenters. The third-order valence-corrected chi connectivity index (χ3v) is 2.23. The number of benzene rings is 1. The third kappa shape index (κ3) is 6.08. The average Bonchev–Trinajstić information content (AvgIpc) is 2.45. The highest BCUT2D eigenvalue weighted by Gasteiger charge is 2.04. The molecule has 0 unspecified atom stereocenters. The van der Waals surface area contributed by atoms with Gasteiger partial charge >= 0.3 is 5.97 Å². The van der Waals surface area contributed by atoms with Crippen molar-refractivity contribution in [3.05, 3.63) is 24.3 Å². The molecule has 0 saturated carbocycles. The fourth-order valence-corrected chi connectivity index (χ4v) is 1.37. The number of carbonyl (C=O) groups excluding carboxylic acids is 2. The molecule has 0 aliphatic rings. The van der Waals surface area contributed by atoms with Gasteiger partial charge in [0.15, 0.2) is 13.2 Å². The third-order valence-electron chi connectivity index (χ3n) is 2.23. The van der Waals surface area contributed by atoms with Crippen LogP contribution in [0.1, 0.15) is 13.8 Å². The lowest BCUT2D eigenvalue weighted by atomic mass is 10.3. The van der Waals surface area contributed by atoms with E-state index >= 15 is 0 Å². The van der Waals surface area contributed by atoms with Crippen LogP contribution in [0.4, 0.5) is 0 Å². The molecule has 0 radical (unpaired) electrons. The van der Waals surface area contributed by atoms with Crippen molar-refractivity contribution < 1.29 is 23.8 Å². The van der Waals surface area contributed by atoms with Crippen LogP contribution in [-0.4, -0.2) is 38.2 Å². The van der Waals surface area contributed by atoms with E-state index < -0.39 is 5.97 Å². The lowest BCUT2D eigenvalue weighted by Crippen LogP contribution is -2.28. The van der Waals surface area contributed by atoms with Gasteiger partial charge in [-0.2, -0.15) is 0 Å². The number of amides is 1. The summed E-state index contributed by atoms with van der Waals surface area (Å²) < 4.78 is 15.3. The SMILES string of the molecule is CCNC(=O)COc1ccc(OCC(=O)OCC)cc1. The zero-order chi connectivity index (χ0) is 14.8. The zero-order valence-electron chi connectivity index (χ0n) is 11.7. The lowest BCUT2D eigenvalue weighted by Gasteiger charge is -2.08. The first-order chi connectivity index (χ1) is 9.65. The van der Waals surface area contributed by atoms with E-state index in [0.29, 0.717) is 24.7 Å². The Morgan fingerprint density at radius 1 is 1.00 bits per heavy atom. The summed E-state index contributed by atoms with van der Waals surface area (Å²) >= 11 is 0. The highest BCUT2D eigenvalue weighted by molar-refractivity contribution is 5.77. The van der Waals surface area contributed by atoms with Crippen molar-refractivity contribution in [1.29, 1.82) is 0 Å². The summed E-state index contributed by atoms with van der Waals surface area (Å²) in [6.07, 6.45) is 0. The van der Waals surface area contributed by atoms with Crippen LogP contribution in [0.15, 0.2) is 24.3 Å². The molecule has 1 amide bonds. The van der Waals surface area contributed by atoms with E-state index in [0.717, 1.165) is 0 Å². The van der Waals surface area contributed by atoms with E-state index in [-0.39, 0.29) is 19.1 Å². The van der Waals surface area contributed by atoms with Gasteiger partial charge in [-0.1, -0.05) is 0 Å². The van der Waals surface area contributed by atoms with E-state index in [1.807, 2.05) is 6.92 Å². The predicted octanol–water partition coefficient (Wildman–Crippen LogP) is 1.14. The summed E-state index contributed by atoms with van der Waals surface area (Å²) in [7, 11) is 0. The molecule has 6 heteroatoms. The van der Waals surface area contributed by atoms with Crippen molar-refractivity contribution in [2.75, 3.05) is 26.4 Å². The van der Waals surface area contributed by atoms with Gasteiger partial charge in [-0.15, -0.1) is 0 Å². The van der Waals surface area contributed by atoms with E-state index in [4.69, 9.17) is 14.2 Å². The van der Waals surface area contributed by atoms with Crippen molar-refractivity contribution in [1.82, 2.24) is 5.32 Å². The number of esters is 1. The number of carbonyl (C=O) groups is 2. The van der Waals surface area contributed by atoms with Gasteiger partial charge in [0.25, 0.3) is 5.91 Å². The molecule has 0 bridgehead atoms. The molecular formula is C14H19NO5. The molecule has 0 heterocycles. The number of nitrogens with one attached hydrogen (secondary N) is 1. The van der Waals surface area contributed by atoms with Gasteiger partial charge in [0.05, 0.1) is 6.61 Å². The second-order valence-electron chi connectivity index (χ2n) is 3.81. The Morgan fingerprint density at radius 3 is 2.05 bits per heavy atom. The minimum absolute atomic E-state index is 0.0309. The Labute approximate surface area is 118 Å². The molecule has 6 nitrogen and oxygen atoms in total. The van der Waals surface area contributed by atoms with Crippen molar-refractivity contribution in [2.45, 2.75) is 13.8 Å². The summed E-state index contributed by atoms with van der Waals surface area (Å²) in [6.45, 7) is 4.31. The standard InChI is InChI=1S/C14H19NO5/c1-3-15-13(16)9-19-11-5-7-12(8-6-11)20-10-14(17)18-4-2/h5-8H,3-4,9-10H2,1-2H3,(H,15,16). The number of ether oxygens (including phenoxy) is 3. The number of likely N-dealkylation sites (N-methyl/N-ethyl adjacent to an activating group) is 1. The Balaban J connectivity index is 2.36. The van der Waals surface area contributed by atoms with Crippen LogP contribution in [0.25, 0.3) is 0 Å². The Morgan fingerprint density at radius 2 is 1.55 bits per heavy atom. The van der Waals surface area contributed by atoms with Crippen LogP contribution in [0, 0.1) is 0 Å². The monoisotopic (exact) mass is 281 g/mol. The maximum Gasteiger partial charge on any atom is 0.344 e. The Kier molecular flexibility index (Phi) is 6.95. The maximum absolute atomic E-state index is 11.2. The van der Waals surface area contributed by atoms with Gasteiger partial charge in [0, 0.05) is 6.54 Å². The van der Waals surface area contributed by atoms with Crippen molar-refractivity contribution in [3.8, 4) is 11.5 Å². The first-order valence-corrected chi connectivity index (χ1v) is 6.43. The fourth-order valence-electron chi connectivity index (χ4n) is 1.37. The molecule has 0 spiro atoms. The molecule has 0 fully saturated rings. The highest BCUT2D eigenvalue weighted by atomic mass is 16.6. The molecule has 1 aromatic carbocycles. The quantitative estimate of drug-likeness (QED) is 0.723. The van der Waals surface area contributed by atoms with Gasteiger partial charge in [-0.25, -0.2) is 4.79 Å². The molecule has 1 rings (SSSR count). The predicted molar refractivity (Wildman–Crippen MR) is 72.7 cm³/mol. The summed E-state index contributed by atoms with van der Waals surface area (Å²) in [5.41, 5.74) is 0.